The molecule has 0 aromatic heterocycles. The van der Waals surface area contributed by atoms with E-state index in [1.54, 1.807) is 6.08 Å². The zero-order chi connectivity index (χ0) is 58.7. The summed E-state index contributed by atoms with van der Waals surface area (Å²) in [5, 5.41) is 54.4. The molecule has 472 valence electrons. The van der Waals surface area contributed by atoms with Crippen LogP contribution in [0.1, 0.15) is 309 Å². The lowest BCUT2D eigenvalue weighted by atomic mass is 9.99. The number of rotatable bonds is 59. The molecule has 7 unspecified atom stereocenters. The van der Waals surface area contributed by atoms with Crippen LogP contribution in [0.4, 0.5) is 0 Å². The lowest BCUT2D eigenvalue weighted by molar-refractivity contribution is -0.302. The fraction of sp³-hybridized carbons (Fsp3) is 0.829. The Morgan fingerprint density at radius 2 is 0.840 bits per heavy atom. The highest BCUT2D eigenvalue weighted by atomic mass is 16.7. The second kappa shape index (κ2) is 59.1. The summed E-state index contributed by atoms with van der Waals surface area (Å²) in [6.07, 6.45) is 67.7. The van der Waals surface area contributed by atoms with Gasteiger partial charge in [-0.1, -0.05) is 254 Å². The summed E-state index contributed by atoms with van der Waals surface area (Å²) in [7, 11) is 0. The molecule has 1 aliphatic rings. The van der Waals surface area contributed by atoms with Gasteiger partial charge in [-0.15, -0.1) is 0 Å². The number of esters is 1. The van der Waals surface area contributed by atoms with Gasteiger partial charge >= 0.3 is 5.97 Å². The maximum absolute atomic E-state index is 13.0. The second-order valence-electron chi connectivity index (χ2n) is 23.5. The van der Waals surface area contributed by atoms with E-state index in [9.17, 15) is 35.1 Å². The minimum atomic E-state index is -1.58. The molecule has 81 heavy (non-hydrogen) atoms. The van der Waals surface area contributed by atoms with Crippen molar-refractivity contribution >= 4 is 11.9 Å². The van der Waals surface area contributed by atoms with Crippen molar-refractivity contribution in [3.8, 4) is 0 Å². The van der Waals surface area contributed by atoms with Gasteiger partial charge in [-0.2, -0.15) is 0 Å². The zero-order valence-electron chi connectivity index (χ0n) is 52.2. The van der Waals surface area contributed by atoms with Crippen LogP contribution in [0.3, 0.4) is 0 Å². The molecule has 1 saturated heterocycles. The van der Waals surface area contributed by atoms with Crippen molar-refractivity contribution in [2.75, 3.05) is 19.8 Å². The lowest BCUT2D eigenvalue weighted by Crippen LogP contribution is -2.60. The number of nitrogens with one attached hydrogen (secondary N) is 1. The molecule has 7 atom stereocenters. The lowest BCUT2D eigenvalue weighted by Gasteiger charge is -2.40. The quantitative estimate of drug-likeness (QED) is 0.0195. The third-order valence-electron chi connectivity index (χ3n) is 15.8. The highest BCUT2D eigenvalue weighted by Gasteiger charge is 2.44. The average Bonchev–Trinajstić information content (AvgIpc) is 3.51. The predicted molar refractivity (Wildman–Crippen MR) is 338 cm³/mol. The topological polar surface area (TPSA) is 175 Å². The molecular weight excluding hydrogens is 1010 g/mol. The van der Waals surface area contributed by atoms with Crippen LogP contribution in [0.25, 0.3) is 0 Å². The Hall–Kier alpha value is -2.64. The Balaban J connectivity index is 2.00. The largest absolute Gasteiger partial charge is 0.466 e. The maximum Gasteiger partial charge on any atom is 0.305 e. The Labute approximate surface area is 497 Å². The molecule has 0 bridgehead atoms. The monoisotopic (exact) mass is 1140 g/mol. The fourth-order valence-corrected chi connectivity index (χ4v) is 10.4. The summed E-state index contributed by atoms with van der Waals surface area (Å²) >= 11 is 0. The summed E-state index contributed by atoms with van der Waals surface area (Å²) in [5.74, 6) is -0.201. The van der Waals surface area contributed by atoms with Crippen LogP contribution >= 0.6 is 0 Å². The van der Waals surface area contributed by atoms with Crippen LogP contribution in [-0.2, 0) is 23.8 Å². The predicted octanol–water partition coefficient (Wildman–Crippen LogP) is 17.0. The van der Waals surface area contributed by atoms with Gasteiger partial charge in [0.2, 0.25) is 5.91 Å². The van der Waals surface area contributed by atoms with Gasteiger partial charge in [0.15, 0.2) is 6.29 Å². The third kappa shape index (κ3) is 48.3. The molecule has 0 spiro atoms. The van der Waals surface area contributed by atoms with Gasteiger partial charge < -0.3 is 45.1 Å². The summed E-state index contributed by atoms with van der Waals surface area (Å²) < 4.78 is 16.7. The number of unbranched alkanes of at least 4 members (excludes halogenated alkanes) is 37. The molecule has 0 aromatic rings. The minimum absolute atomic E-state index is 0.00751. The van der Waals surface area contributed by atoms with Crippen molar-refractivity contribution in [2.24, 2.45) is 0 Å². The molecule has 0 saturated carbocycles. The van der Waals surface area contributed by atoms with E-state index in [1.807, 2.05) is 6.08 Å². The van der Waals surface area contributed by atoms with Gasteiger partial charge in [-0.3, -0.25) is 9.59 Å². The standard InChI is InChI=1S/C70H127NO10/c1-3-5-7-9-11-13-15-36-40-44-48-52-56-63(73)62(61-80-70-69(78)68(77)67(76)64(60-72)81-70)71-65(74)57-53-49-45-41-37-34-32-30-28-26-24-22-20-18-17-19-21-23-25-27-29-31-33-35-39-43-47-51-55-59-79-66(75)58-54-50-46-42-38-16-14-12-10-8-6-4-2/h12,14,17,19,23,25,36,40,52,56,62-64,67-70,72-73,76-78H,3-11,13,15-16,18,20-22,24,26-35,37-39,41-51,53-55,57-61H2,1-2H3,(H,71,74)/b14-12-,19-17-,25-23-,40-36+,56-52+. The number of ether oxygens (including phenoxy) is 3. The molecule has 0 aromatic carbocycles. The van der Waals surface area contributed by atoms with Crippen LogP contribution in [0.2, 0.25) is 0 Å². The number of amides is 1. The minimum Gasteiger partial charge on any atom is -0.466 e. The van der Waals surface area contributed by atoms with Gasteiger partial charge in [0, 0.05) is 12.8 Å². The van der Waals surface area contributed by atoms with E-state index in [1.165, 1.54) is 218 Å². The van der Waals surface area contributed by atoms with Gasteiger partial charge in [0.05, 0.1) is 32.0 Å². The molecule has 1 amide bonds. The molecule has 11 nitrogen and oxygen atoms in total. The Bertz CT molecular complexity index is 1530. The van der Waals surface area contributed by atoms with Crippen molar-refractivity contribution < 1.29 is 49.3 Å². The number of allylic oxidation sites excluding steroid dienone is 9. The molecular formula is C70H127NO10. The molecule has 1 heterocycles. The number of aliphatic hydroxyl groups is 5. The Kier molecular flexibility index (Phi) is 55.7. The highest BCUT2D eigenvalue weighted by Crippen LogP contribution is 2.23. The number of hydrogen-bond acceptors (Lipinski definition) is 10. The average molecular weight is 1140 g/mol. The first-order valence-corrected chi connectivity index (χ1v) is 34.1. The van der Waals surface area contributed by atoms with Crippen molar-refractivity contribution in [1.82, 2.24) is 5.32 Å². The molecule has 6 N–H and O–H groups in total. The highest BCUT2D eigenvalue weighted by molar-refractivity contribution is 5.76. The van der Waals surface area contributed by atoms with Gasteiger partial charge in [-0.25, -0.2) is 0 Å². The smallest absolute Gasteiger partial charge is 0.305 e. The number of aliphatic hydroxyl groups excluding tert-OH is 5. The van der Waals surface area contributed by atoms with E-state index in [2.05, 4.69) is 67.8 Å². The Morgan fingerprint density at radius 1 is 0.457 bits per heavy atom. The SMILES string of the molecule is CCCCC/C=C\CCCCCCCC(=O)OCCCCCCCCCCC/C=C\C/C=C\CCCCCCCCCCCCCCCC(=O)NC(COC1OC(CO)C(O)C(O)C1O)C(O)/C=C/CC/C=C/CCCCCCCC. The van der Waals surface area contributed by atoms with E-state index in [-0.39, 0.29) is 18.5 Å². The summed E-state index contributed by atoms with van der Waals surface area (Å²) in [4.78, 5) is 25.1. The molecule has 11 heteroatoms. The Morgan fingerprint density at radius 3 is 1.32 bits per heavy atom. The molecule has 1 fully saturated rings. The van der Waals surface area contributed by atoms with Gasteiger partial charge in [-0.05, 0) is 103 Å². The number of hydrogen-bond donors (Lipinski definition) is 6. The van der Waals surface area contributed by atoms with Crippen molar-refractivity contribution in [3.05, 3.63) is 60.8 Å². The van der Waals surface area contributed by atoms with E-state index in [0.29, 0.717) is 19.4 Å². The molecule has 1 rings (SSSR count). The zero-order valence-corrected chi connectivity index (χ0v) is 52.2. The first-order valence-electron chi connectivity index (χ1n) is 34.1. The first kappa shape index (κ1) is 76.4. The third-order valence-corrected chi connectivity index (χ3v) is 15.8. The van der Waals surface area contributed by atoms with Crippen LogP contribution in [-0.4, -0.2) is 100 Å². The van der Waals surface area contributed by atoms with Crippen LogP contribution in [0, 0.1) is 0 Å². The summed E-state index contributed by atoms with van der Waals surface area (Å²) in [6, 6.07) is -0.829. The van der Waals surface area contributed by atoms with Crippen molar-refractivity contribution in [3.63, 3.8) is 0 Å². The van der Waals surface area contributed by atoms with Crippen molar-refractivity contribution in [2.45, 2.75) is 352 Å². The fourth-order valence-electron chi connectivity index (χ4n) is 10.4. The van der Waals surface area contributed by atoms with Crippen LogP contribution < -0.4 is 5.32 Å². The van der Waals surface area contributed by atoms with E-state index < -0.39 is 49.5 Å². The molecule has 0 radical (unpaired) electrons. The van der Waals surface area contributed by atoms with E-state index >= 15 is 0 Å². The number of carbonyl (C=O) groups is 2. The molecule has 1 aliphatic heterocycles. The van der Waals surface area contributed by atoms with Crippen molar-refractivity contribution in [1.29, 1.82) is 0 Å². The second-order valence-corrected chi connectivity index (χ2v) is 23.5. The van der Waals surface area contributed by atoms with Crippen LogP contribution in [0.15, 0.2) is 60.8 Å². The van der Waals surface area contributed by atoms with Gasteiger partial charge in [0.25, 0.3) is 0 Å². The van der Waals surface area contributed by atoms with E-state index in [0.717, 1.165) is 64.2 Å². The molecule has 0 aliphatic carbocycles. The normalized spacial score (nSPS) is 18.6. The van der Waals surface area contributed by atoms with E-state index in [4.69, 9.17) is 14.2 Å². The number of carbonyl (C=O) groups excluding carboxylic acids is 2. The first-order chi connectivity index (χ1) is 39.7. The summed E-state index contributed by atoms with van der Waals surface area (Å²) in [5.41, 5.74) is 0. The van der Waals surface area contributed by atoms with Gasteiger partial charge in [0.1, 0.15) is 24.4 Å². The summed E-state index contributed by atoms with van der Waals surface area (Å²) in [6.45, 7) is 4.30. The maximum atomic E-state index is 13.0. The van der Waals surface area contributed by atoms with Crippen LogP contribution in [0.5, 0.6) is 0 Å².